The molecule has 2 aromatic rings. The van der Waals surface area contributed by atoms with Gasteiger partial charge in [-0.1, -0.05) is 17.7 Å². The van der Waals surface area contributed by atoms with Crippen molar-refractivity contribution >= 4 is 22.4 Å². The second-order valence-electron chi connectivity index (χ2n) is 6.17. The number of hydrogen-bond acceptors (Lipinski definition) is 5. The van der Waals surface area contributed by atoms with Crippen LogP contribution in [0.4, 0.5) is 5.13 Å². The summed E-state index contributed by atoms with van der Waals surface area (Å²) in [6.45, 7) is 4.24. The zero-order chi connectivity index (χ0) is 16.9. The molecular formula is C18H23N3O2S. The summed E-state index contributed by atoms with van der Waals surface area (Å²) in [5.74, 6) is 1.28. The average molecular weight is 345 g/mol. The van der Waals surface area contributed by atoms with Gasteiger partial charge < -0.3 is 15.0 Å². The zero-order valence-electron chi connectivity index (χ0n) is 14.1. The third-order valence-electron chi connectivity index (χ3n) is 4.25. The lowest BCUT2D eigenvalue weighted by atomic mass is 9.98. The lowest BCUT2D eigenvalue weighted by Crippen LogP contribution is -2.41. The normalized spacial score (nSPS) is 17.6. The maximum Gasteiger partial charge on any atom is 0.273 e. The van der Waals surface area contributed by atoms with Gasteiger partial charge in [0.2, 0.25) is 0 Å². The van der Waals surface area contributed by atoms with Gasteiger partial charge in [-0.2, -0.15) is 0 Å². The van der Waals surface area contributed by atoms with Crippen molar-refractivity contribution in [2.75, 3.05) is 32.1 Å². The van der Waals surface area contributed by atoms with E-state index in [0.717, 1.165) is 36.8 Å². The Morgan fingerprint density at radius 3 is 2.92 bits per heavy atom. The molecule has 1 N–H and O–H groups in total. The fourth-order valence-corrected chi connectivity index (χ4v) is 3.53. The number of thiazole rings is 1. The van der Waals surface area contributed by atoms with Gasteiger partial charge in [0.25, 0.3) is 5.91 Å². The van der Waals surface area contributed by atoms with Crippen molar-refractivity contribution < 1.29 is 9.53 Å². The van der Waals surface area contributed by atoms with Gasteiger partial charge in [-0.25, -0.2) is 4.98 Å². The first-order valence-corrected chi connectivity index (χ1v) is 9.15. The minimum absolute atomic E-state index is 0.0211. The van der Waals surface area contributed by atoms with E-state index in [2.05, 4.69) is 17.2 Å². The number of anilines is 1. The van der Waals surface area contributed by atoms with Gasteiger partial charge >= 0.3 is 0 Å². The summed E-state index contributed by atoms with van der Waals surface area (Å²) in [5.41, 5.74) is 1.76. The van der Waals surface area contributed by atoms with E-state index in [4.69, 9.17) is 4.74 Å². The van der Waals surface area contributed by atoms with E-state index in [9.17, 15) is 4.79 Å². The lowest BCUT2D eigenvalue weighted by molar-refractivity contribution is 0.0628. The van der Waals surface area contributed by atoms with E-state index in [1.807, 2.05) is 41.6 Å². The number of aryl methyl sites for hydroxylation is 1. The van der Waals surface area contributed by atoms with Crippen LogP contribution in [0.5, 0.6) is 5.75 Å². The highest BCUT2D eigenvalue weighted by molar-refractivity contribution is 7.13. The van der Waals surface area contributed by atoms with Crippen molar-refractivity contribution in [2.45, 2.75) is 19.8 Å². The van der Waals surface area contributed by atoms with Gasteiger partial charge in [0.15, 0.2) is 5.13 Å². The van der Waals surface area contributed by atoms with E-state index >= 15 is 0 Å². The van der Waals surface area contributed by atoms with Crippen LogP contribution in [0.1, 0.15) is 28.9 Å². The van der Waals surface area contributed by atoms with Crippen molar-refractivity contribution in [3.63, 3.8) is 0 Å². The molecule has 1 saturated heterocycles. The zero-order valence-corrected chi connectivity index (χ0v) is 14.9. The molecule has 1 aliphatic rings. The molecule has 128 valence electrons. The highest BCUT2D eigenvalue weighted by Crippen LogP contribution is 2.22. The summed E-state index contributed by atoms with van der Waals surface area (Å²) in [5, 5.41) is 5.57. The predicted octanol–water partition coefficient (Wildman–Crippen LogP) is 3.42. The van der Waals surface area contributed by atoms with E-state index in [0.29, 0.717) is 18.2 Å². The Hall–Kier alpha value is -2.08. The molecule has 0 radical (unpaired) electrons. The standard InChI is InChI=1S/C18H23N3O2S/c1-13-5-7-15(8-6-13)23-11-14-4-3-9-21(10-14)17(22)16-12-24-18(19-2)20-16/h5-8,12,14H,3-4,9-11H2,1-2H3,(H,19,20)/t14-/m0/s1. The van der Waals surface area contributed by atoms with Gasteiger partial charge in [-0.05, 0) is 31.9 Å². The number of benzene rings is 1. The average Bonchev–Trinajstić information content (AvgIpc) is 3.10. The lowest BCUT2D eigenvalue weighted by Gasteiger charge is -2.32. The molecule has 0 unspecified atom stereocenters. The second-order valence-corrected chi connectivity index (χ2v) is 7.03. The molecule has 3 rings (SSSR count). The monoisotopic (exact) mass is 345 g/mol. The van der Waals surface area contributed by atoms with E-state index < -0.39 is 0 Å². The Morgan fingerprint density at radius 2 is 2.21 bits per heavy atom. The van der Waals surface area contributed by atoms with Gasteiger partial charge in [0.1, 0.15) is 11.4 Å². The first-order chi connectivity index (χ1) is 11.7. The minimum atomic E-state index is 0.0211. The molecule has 24 heavy (non-hydrogen) atoms. The molecule has 1 fully saturated rings. The molecule has 0 aliphatic carbocycles. The van der Waals surface area contributed by atoms with Crippen LogP contribution in [0.15, 0.2) is 29.6 Å². The number of nitrogens with one attached hydrogen (secondary N) is 1. The first kappa shape index (κ1) is 16.8. The summed E-state index contributed by atoms with van der Waals surface area (Å²) < 4.78 is 5.89. The minimum Gasteiger partial charge on any atom is -0.493 e. The van der Waals surface area contributed by atoms with Crippen LogP contribution in [0.2, 0.25) is 0 Å². The maximum atomic E-state index is 12.6. The largest absolute Gasteiger partial charge is 0.493 e. The smallest absolute Gasteiger partial charge is 0.273 e. The molecule has 2 heterocycles. The van der Waals surface area contributed by atoms with Crippen LogP contribution >= 0.6 is 11.3 Å². The molecule has 1 amide bonds. The number of nitrogens with zero attached hydrogens (tertiary/aromatic N) is 2. The Labute approximate surface area is 146 Å². The maximum absolute atomic E-state index is 12.6. The molecule has 1 atom stereocenters. The number of hydrogen-bond donors (Lipinski definition) is 1. The molecule has 1 aliphatic heterocycles. The fourth-order valence-electron chi connectivity index (χ4n) is 2.88. The summed E-state index contributed by atoms with van der Waals surface area (Å²) in [7, 11) is 1.81. The van der Waals surface area contributed by atoms with Crippen molar-refractivity contribution in [3.8, 4) is 5.75 Å². The summed E-state index contributed by atoms with van der Waals surface area (Å²) >= 11 is 1.46. The first-order valence-electron chi connectivity index (χ1n) is 8.27. The van der Waals surface area contributed by atoms with Crippen molar-refractivity contribution in [3.05, 3.63) is 40.9 Å². The van der Waals surface area contributed by atoms with Crippen LogP contribution in [0.25, 0.3) is 0 Å². The summed E-state index contributed by atoms with van der Waals surface area (Å²) in [6.07, 6.45) is 2.10. The van der Waals surface area contributed by atoms with Crippen LogP contribution in [0.3, 0.4) is 0 Å². The molecular weight excluding hydrogens is 322 g/mol. The van der Waals surface area contributed by atoms with Crippen molar-refractivity contribution in [1.82, 2.24) is 9.88 Å². The highest BCUT2D eigenvalue weighted by atomic mass is 32.1. The third-order valence-corrected chi connectivity index (χ3v) is 5.11. The van der Waals surface area contributed by atoms with Crippen LogP contribution in [-0.2, 0) is 0 Å². The van der Waals surface area contributed by atoms with Crippen molar-refractivity contribution in [1.29, 1.82) is 0 Å². The van der Waals surface area contributed by atoms with E-state index in [-0.39, 0.29) is 5.91 Å². The quantitative estimate of drug-likeness (QED) is 0.902. The number of carbonyl (C=O) groups is 1. The van der Waals surface area contributed by atoms with E-state index in [1.54, 1.807) is 0 Å². The molecule has 0 bridgehead atoms. The van der Waals surface area contributed by atoms with Crippen LogP contribution in [0, 0.1) is 12.8 Å². The SMILES string of the molecule is CNc1nc(C(=O)N2CCC[C@H](COc3ccc(C)cc3)C2)cs1. The van der Waals surface area contributed by atoms with Gasteiger partial charge in [0.05, 0.1) is 6.61 Å². The number of aromatic nitrogens is 1. The van der Waals surface area contributed by atoms with Crippen molar-refractivity contribution in [2.24, 2.45) is 5.92 Å². The van der Waals surface area contributed by atoms with Gasteiger partial charge in [-0.15, -0.1) is 11.3 Å². The third kappa shape index (κ3) is 4.06. The topological polar surface area (TPSA) is 54.5 Å². The van der Waals surface area contributed by atoms with E-state index in [1.165, 1.54) is 16.9 Å². The number of likely N-dealkylation sites (tertiary alicyclic amines) is 1. The van der Waals surface area contributed by atoms with Crippen LogP contribution < -0.4 is 10.1 Å². The molecule has 0 saturated carbocycles. The second kappa shape index (κ2) is 7.66. The number of carbonyl (C=O) groups excluding carboxylic acids is 1. The van der Waals surface area contributed by atoms with Gasteiger partial charge in [0, 0.05) is 31.4 Å². The Balaban J connectivity index is 1.55. The number of piperidine rings is 1. The Kier molecular flexibility index (Phi) is 5.35. The predicted molar refractivity (Wildman–Crippen MR) is 97.0 cm³/mol. The molecule has 0 spiro atoms. The van der Waals surface area contributed by atoms with Crippen LogP contribution in [-0.4, -0.2) is 42.5 Å². The number of rotatable bonds is 5. The molecule has 1 aromatic heterocycles. The summed E-state index contributed by atoms with van der Waals surface area (Å²) in [4.78, 5) is 18.8. The Bertz CT molecular complexity index is 684. The number of amides is 1. The fraction of sp³-hybridized carbons (Fsp3) is 0.444. The van der Waals surface area contributed by atoms with Gasteiger partial charge in [-0.3, -0.25) is 4.79 Å². The summed E-state index contributed by atoms with van der Waals surface area (Å²) in [6, 6.07) is 8.09. The molecule has 5 nitrogen and oxygen atoms in total. The highest BCUT2D eigenvalue weighted by Gasteiger charge is 2.26. The molecule has 1 aromatic carbocycles. The molecule has 6 heteroatoms. The number of ether oxygens (including phenoxy) is 1. The Morgan fingerprint density at radius 1 is 1.42 bits per heavy atom.